The van der Waals surface area contributed by atoms with Crippen molar-refractivity contribution in [3.05, 3.63) is 54.4 Å². The molecule has 1 saturated carbocycles. The molecule has 4 rings (SSSR count). The van der Waals surface area contributed by atoms with Crippen molar-refractivity contribution in [2.45, 2.75) is 43.6 Å². The second-order valence-corrected chi connectivity index (χ2v) is 8.51. The molecular weight excluding hydrogens is 378 g/mol. The molecule has 0 saturated heterocycles. The average molecular weight is 399 g/mol. The molecule has 1 aliphatic carbocycles. The molecule has 7 nitrogen and oxygen atoms in total. The van der Waals surface area contributed by atoms with Gasteiger partial charge in [-0.15, -0.1) is 0 Å². The molecule has 8 heteroatoms. The van der Waals surface area contributed by atoms with Crippen molar-refractivity contribution in [1.29, 1.82) is 0 Å². The Morgan fingerprint density at radius 2 is 1.71 bits per heavy atom. The van der Waals surface area contributed by atoms with Gasteiger partial charge in [0.15, 0.2) is 5.82 Å². The Morgan fingerprint density at radius 3 is 2.32 bits per heavy atom. The summed E-state index contributed by atoms with van der Waals surface area (Å²) in [5.41, 5.74) is 1.17. The Bertz CT molecular complexity index is 1040. The van der Waals surface area contributed by atoms with E-state index in [9.17, 15) is 8.42 Å². The van der Waals surface area contributed by atoms with E-state index in [1.807, 2.05) is 0 Å². The van der Waals surface area contributed by atoms with Crippen LogP contribution in [0.5, 0.6) is 5.75 Å². The van der Waals surface area contributed by atoms with Crippen LogP contribution < -0.4 is 9.46 Å². The highest BCUT2D eigenvalue weighted by Gasteiger charge is 2.18. The maximum Gasteiger partial charge on any atom is 0.261 e. The lowest BCUT2D eigenvalue weighted by Gasteiger charge is -2.13. The molecule has 2 aromatic carbocycles. The third kappa shape index (κ3) is 4.17. The van der Waals surface area contributed by atoms with E-state index >= 15 is 0 Å². The summed E-state index contributed by atoms with van der Waals surface area (Å²) in [4.78, 5) is 4.33. The number of rotatable bonds is 6. The first-order valence-electron chi connectivity index (χ1n) is 9.20. The van der Waals surface area contributed by atoms with Gasteiger partial charge in [0.25, 0.3) is 15.9 Å². The first-order chi connectivity index (χ1) is 13.5. The van der Waals surface area contributed by atoms with E-state index in [4.69, 9.17) is 9.26 Å². The number of nitrogens with zero attached hydrogens (tertiary/aromatic N) is 2. The quantitative estimate of drug-likeness (QED) is 0.669. The minimum absolute atomic E-state index is 0.183. The Hall–Kier alpha value is -2.87. The molecule has 0 bridgehead atoms. The minimum atomic E-state index is -3.69. The Kier molecular flexibility index (Phi) is 5.04. The lowest BCUT2D eigenvalue weighted by Crippen LogP contribution is -2.13. The van der Waals surface area contributed by atoms with Crippen LogP contribution in [0.4, 0.5) is 5.69 Å². The van der Waals surface area contributed by atoms with E-state index in [0.717, 1.165) is 18.4 Å². The molecule has 0 atom stereocenters. The molecule has 0 amide bonds. The fourth-order valence-electron chi connectivity index (χ4n) is 3.21. The van der Waals surface area contributed by atoms with Crippen molar-refractivity contribution in [2.75, 3.05) is 4.72 Å². The van der Waals surface area contributed by atoms with Crippen molar-refractivity contribution >= 4 is 15.7 Å². The van der Waals surface area contributed by atoms with E-state index < -0.39 is 10.0 Å². The zero-order chi connectivity index (χ0) is 19.6. The number of ether oxygens (including phenoxy) is 1. The molecule has 1 heterocycles. The molecule has 0 aliphatic heterocycles. The van der Waals surface area contributed by atoms with Gasteiger partial charge in [0.2, 0.25) is 0 Å². The second-order valence-electron chi connectivity index (χ2n) is 6.83. The van der Waals surface area contributed by atoms with Crippen LogP contribution in [0.2, 0.25) is 0 Å². The topological polar surface area (TPSA) is 94.3 Å². The smallest absolute Gasteiger partial charge is 0.261 e. The highest BCUT2D eigenvalue weighted by Crippen LogP contribution is 2.26. The molecule has 3 aromatic rings. The Balaban J connectivity index is 1.44. The third-order valence-electron chi connectivity index (χ3n) is 4.65. The van der Waals surface area contributed by atoms with Gasteiger partial charge in [0.1, 0.15) is 5.75 Å². The van der Waals surface area contributed by atoms with Crippen LogP contribution >= 0.6 is 0 Å². The number of nitrogens with one attached hydrogen (secondary N) is 1. The van der Waals surface area contributed by atoms with Gasteiger partial charge in [-0.3, -0.25) is 4.72 Å². The van der Waals surface area contributed by atoms with E-state index in [1.54, 1.807) is 55.5 Å². The summed E-state index contributed by atoms with van der Waals surface area (Å²) in [7, 11) is -3.69. The number of sulfonamides is 1. The molecule has 146 valence electrons. The fraction of sp³-hybridized carbons (Fsp3) is 0.300. The number of anilines is 1. The number of hydrogen-bond donors (Lipinski definition) is 1. The average Bonchev–Trinajstić information content (AvgIpc) is 3.34. The summed E-state index contributed by atoms with van der Waals surface area (Å²) in [6, 6.07) is 13.3. The monoisotopic (exact) mass is 399 g/mol. The van der Waals surface area contributed by atoms with Crippen molar-refractivity contribution in [3.8, 4) is 17.2 Å². The zero-order valence-corrected chi connectivity index (χ0v) is 16.3. The van der Waals surface area contributed by atoms with Gasteiger partial charge in [0, 0.05) is 11.3 Å². The lowest BCUT2D eigenvalue weighted by atomic mass is 10.2. The van der Waals surface area contributed by atoms with Gasteiger partial charge >= 0.3 is 0 Å². The van der Waals surface area contributed by atoms with Gasteiger partial charge in [-0.1, -0.05) is 5.16 Å². The molecule has 0 radical (unpaired) electrons. The fourth-order valence-corrected chi connectivity index (χ4v) is 4.26. The van der Waals surface area contributed by atoms with Crippen LogP contribution in [0.3, 0.4) is 0 Å². The number of aromatic nitrogens is 2. The summed E-state index contributed by atoms with van der Waals surface area (Å²) in [5.74, 6) is 1.63. The SMILES string of the molecule is Cc1noc(-c2ccc(NS(=O)(=O)c3ccc(OC4CCCC4)cc3)cc2)n1. The second kappa shape index (κ2) is 7.63. The highest BCUT2D eigenvalue weighted by atomic mass is 32.2. The Morgan fingerprint density at radius 1 is 1.04 bits per heavy atom. The van der Waals surface area contributed by atoms with Crippen molar-refractivity contribution in [2.24, 2.45) is 0 Å². The van der Waals surface area contributed by atoms with Crippen molar-refractivity contribution in [3.63, 3.8) is 0 Å². The summed E-state index contributed by atoms with van der Waals surface area (Å²) in [6.07, 6.45) is 4.72. The third-order valence-corrected chi connectivity index (χ3v) is 6.05. The molecule has 1 N–H and O–H groups in total. The molecule has 1 fully saturated rings. The van der Waals surface area contributed by atoms with E-state index in [1.165, 1.54) is 12.8 Å². The largest absolute Gasteiger partial charge is 0.490 e. The van der Waals surface area contributed by atoms with Gasteiger partial charge in [0.05, 0.1) is 11.0 Å². The molecule has 0 spiro atoms. The zero-order valence-electron chi connectivity index (χ0n) is 15.5. The van der Waals surface area contributed by atoms with Gasteiger partial charge in [-0.25, -0.2) is 8.42 Å². The first-order valence-corrected chi connectivity index (χ1v) is 10.7. The van der Waals surface area contributed by atoms with E-state index in [-0.39, 0.29) is 11.0 Å². The molecule has 1 aromatic heterocycles. The summed E-state index contributed by atoms with van der Waals surface area (Å²) in [6.45, 7) is 1.74. The maximum atomic E-state index is 12.6. The molecular formula is C20H21N3O4S. The summed E-state index contributed by atoms with van der Waals surface area (Å²) in [5, 5.41) is 3.75. The number of hydrogen-bond acceptors (Lipinski definition) is 6. The van der Waals surface area contributed by atoms with Crippen molar-refractivity contribution < 1.29 is 17.7 Å². The van der Waals surface area contributed by atoms with Crippen LogP contribution in [0.15, 0.2) is 57.9 Å². The van der Waals surface area contributed by atoms with Gasteiger partial charge in [-0.2, -0.15) is 4.98 Å². The summed E-state index contributed by atoms with van der Waals surface area (Å²) >= 11 is 0. The number of aryl methyl sites for hydroxylation is 1. The normalized spacial score (nSPS) is 14.9. The molecule has 0 unspecified atom stereocenters. The van der Waals surface area contributed by atoms with Crippen LogP contribution in [0, 0.1) is 6.92 Å². The predicted octanol–water partition coefficient (Wildman–Crippen LogP) is 4.17. The predicted molar refractivity (Wildman–Crippen MR) is 105 cm³/mol. The summed E-state index contributed by atoms with van der Waals surface area (Å²) < 4.78 is 38.8. The van der Waals surface area contributed by atoms with E-state index in [2.05, 4.69) is 14.9 Å². The molecule has 28 heavy (non-hydrogen) atoms. The standard InChI is InChI=1S/C20H21N3O4S/c1-14-21-20(27-22-14)15-6-8-16(9-7-15)23-28(24,25)19-12-10-18(11-13-19)26-17-4-2-3-5-17/h6-13,17,23H,2-5H2,1H3. The van der Waals surface area contributed by atoms with Crippen LogP contribution in [-0.2, 0) is 10.0 Å². The van der Waals surface area contributed by atoms with Gasteiger partial charge in [-0.05, 0) is 81.1 Å². The molecule has 1 aliphatic rings. The first kappa shape index (κ1) is 18.5. The van der Waals surface area contributed by atoms with Gasteiger partial charge < -0.3 is 9.26 Å². The maximum absolute atomic E-state index is 12.6. The highest BCUT2D eigenvalue weighted by molar-refractivity contribution is 7.92. The van der Waals surface area contributed by atoms with Crippen LogP contribution in [-0.4, -0.2) is 24.7 Å². The number of benzene rings is 2. The Labute approximate surface area is 163 Å². The van der Waals surface area contributed by atoms with E-state index in [0.29, 0.717) is 23.2 Å². The minimum Gasteiger partial charge on any atom is -0.490 e. The van der Waals surface area contributed by atoms with Crippen LogP contribution in [0.1, 0.15) is 31.5 Å². The lowest BCUT2D eigenvalue weighted by molar-refractivity contribution is 0.210. The van der Waals surface area contributed by atoms with Crippen LogP contribution in [0.25, 0.3) is 11.5 Å². The van der Waals surface area contributed by atoms with Crippen molar-refractivity contribution in [1.82, 2.24) is 10.1 Å².